The molecule has 0 aromatic carbocycles. The second-order valence-electron chi connectivity index (χ2n) is 2.32. The van der Waals surface area contributed by atoms with Crippen molar-refractivity contribution in [2.75, 3.05) is 13.2 Å². The van der Waals surface area contributed by atoms with E-state index in [1.54, 1.807) is 0 Å². The Labute approximate surface area is 66.9 Å². The molecule has 1 aliphatic heterocycles. The zero-order valence-corrected chi connectivity index (χ0v) is 7.04. The lowest BCUT2D eigenvalue weighted by Crippen LogP contribution is -2.08. The average Bonchev–Trinajstić information content (AvgIpc) is 2.58. The minimum atomic E-state index is -0.813. The van der Waals surface area contributed by atoms with Crippen molar-refractivity contribution in [2.45, 2.75) is 6.42 Å². The number of hydrogen-bond donors (Lipinski definition) is 0. The van der Waals surface area contributed by atoms with E-state index in [1.807, 2.05) is 28.9 Å². The van der Waals surface area contributed by atoms with Crippen LogP contribution in [0, 0.1) is 0 Å². The van der Waals surface area contributed by atoms with Crippen molar-refractivity contribution >= 4 is 8.53 Å². The lowest BCUT2D eigenvalue weighted by atomic mass is 10.5. The fourth-order valence-corrected chi connectivity index (χ4v) is 2.23. The van der Waals surface area contributed by atoms with E-state index in [0.29, 0.717) is 0 Å². The standard InChI is InChI=1S/C7H10NO2P/c1-2-5-8(4-1)11-9-6-3-7-10-11/h1-2,4-5H,3,6-7H2. The third-order valence-electron chi connectivity index (χ3n) is 1.47. The summed E-state index contributed by atoms with van der Waals surface area (Å²) in [5, 5.41) is 0. The van der Waals surface area contributed by atoms with Gasteiger partial charge < -0.3 is 9.05 Å². The van der Waals surface area contributed by atoms with Crippen molar-refractivity contribution in [3.8, 4) is 0 Å². The van der Waals surface area contributed by atoms with E-state index in [2.05, 4.69) is 0 Å². The summed E-state index contributed by atoms with van der Waals surface area (Å²) in [4.78, 5) is 0. The van der Waals surface area contributed by atoms with Crippen LogP contribution in [0.5, 0.6) is 0 Å². The quantitative estimate of drug-likeness (QED) is 0.603. The molecule has 0 spiro atoms. The van der Waals surface area contributed by atoms with Gasteiger partial charge in [0.25, 0.3) is 8.53 Å². The summed E-state index contributed by atoms with van der Waals surface area (Å²) in [6, 6.07) is 3.95. The first-order valence-electron chi connectivity index (χ1n) is 3.66. The van der Waals surface area contributed by atoms with Gasteiger partial charge in [-0.3, -0.25) is 4.34 Å². The molecule has 0 saturated carbocycles. The largest absolute Gasteiger partial charge is 0.317 e. The molecule has 0 bridgehead atoms. The highest BCUT2D eigenvalue weighted by Gasteiger charge is 2.16. The molecule has 4 heteroatoms. The van der Waals surface area contributed by atoms with Crippen molar-refractivity contribution in [1.29, 1.82) is 0 Å². The average molecular weight is 171 g/mol. The summed E-state index contributed by atoms with van der Waals surface area (Å²) in [5.41, 5.74) is 0. The Bertz CT molecular complexity index is 206. The maximum absolute atomic E-state index is 5.43. The maximum atomic E-state index is 5.43. The molecular formula is C7H10NO2P. The van der Waals surface area contributed by atoms with Crippen molar-refractivity contribution < 1.29 is 9.05 Å². The van der Waals surface area contributed by atoms with Crippen LogP contribution in [0.15, 0.2) is 24.5 Å². The van der Waals surface area contributed by atoms with Crippen LogP contribution in [0.3, 0.4) is 0 Å². The Balaban J connectivity index is 2.04. The molecule has 2 rings (SSSR count). The Morgan fingerprint density at radius 3 is 2.36 bits per heavy atom. The third-order valence-corrected chi connectivity index (χ3v) is 2.92. The highest BCUT2D eigenvalue weighted by molar-refractivity contribution is 7.45. The molecule has 0 N–H and O–H groups in total. The molecule has 0 unspecified atom stereocenters. The van der Waals surface area contributed by atoms with Gasteiger partial charge in [0.15, 0.2) is 0 Å². The maximum Gasteiger partial charge on any atom is 0.293 e. The van der Waals surface area contributed by atoms with Crippen molar-refractivity contribution in [1.82, 2.24) is 4.34 Å². The number of rotatable bonds is 1. The predicted molar refractivity (Wildman–Crippen MR) is 43.3 cm³/mol. The van der Waals surface area contributed by atoms with Crippen LogP contribution in [0.25, 0.3) is 0 Å². The molecule has 3 nitrogen and oxygen atoms in total. The fourth-order valence-electron chi connectivity index (χ4n) is 0.949. The molecule has 60 valence electrons. The van der Waals surface area contributed by atoms with Crippen molar-refractivity contribution in [2.24, 2.45) is 0 Å². The lowest BCUT2D eigenvalue weighted by molar-refractivity contribution is 0.177. The monoisotopic (exact) mass is 171 g/mol. The first-order valence-corrected chi connectivity index (χ1v) is 4.79. The van der Waals surface area contributed by atoms with E-state index in [9.17, 15) is 0 Å². The van der Waals surface area contributed by atoms with E-state index in [0.717, 1.165) is 19.6 Å². The topological polar surface area (TPSA) is 23.4 Å². The predicted octanol–water partition coefficient (Wildman–Crippen LogP) is 2.00. The summed E-state index contributed by atoms with van der Waals surface area (Å²) in [7, 11) is -0.813. The smallest absolute Gasteiger partial charge is 0.293 e. The highest BCUT2D eigenvalue weighted by atomic mass is 31.2. The molecule has 11 heavy (non-hydrogen) atoms. The van der Waals surface area contributed by atoms with Gasteiger partial charge in [0, 0.05) is 12.4 Å². The number of nitrogens with zero attached hydrogens (tertiary/aromatic N) is 1. The van der Waals surface area contributed by atoms with Gasteiger partial charge in [0.2, 0.25) is 0 Å². The van der Waals surface area contributed by atoms with Crippen LogP contribution in [0.1, 0.15) is 6.42 Å². The van der Waals surface area contributed by atoms with Crippen LogP contribution in [0.4, 0.5) is 0 Å². The molecule has 0 aliphatic carbocycles. The van der Waals surface area contributed by atoms with Crippen LogP contribution < -0.4 is 0 Å². The van der Waals surface area contributed by atoms with Crippen molar-refractivity contribution in [3.05, 3.63) is 24.5 Å². The SMILES string of the molecule is c1ccn(P2OCCCO2)c1. The molecule has 1 aliphatic rings. The van der Waals surface area contributed by atoms with E-state index < -0.39 is 8.53 Å². The Morgan fingerprint density at radius 2 is 1.73 bits per heavy atom. The van der Waals surface area contributed by atoms with Gasteiger partial charge in [-0.1, -0.05) is 0 Å². The van der Waals surface area contributed by atoms with Crippen LogP contribution in [0.2, 0.25) is 0 Å². The summed E-state index contributed by atoms with van der Waals surface area (Å²) in [5.74, 6) is 0. The van der Waals surface area contributed by atoms with Crippen LogP contribution in [-0.2, 0) is 9.05 Å². The minimum Gasteiger partial charge on any atom is -0.317 e. The van der Waals surface area contributed by atoms with Gasteiger partial charge in [-0.05, 0) is 18.6 Å². The normalized spacial score (nSPS) is 20.4. The van der Waals surface area contributed by atoms with Gasteiger partial charge >= 0.3 is 0 Å². The Hall–Kier alpha value is -0.370. The molecule has 1 saturated heterocycles. The molecule has 2 heterocycles. The Morgan fingerprint density at radius 1 is 1.09 bits per heavy atom. The molecule has 1 aromatic heterocycles. The van der Waals surface area contributed by atoms with E-state index in [-0.39, 0.29) is 0 Å². The zero-order valence-electron chi connectivity index (χ0n) is 6.14. The third kappa shape index (κ3) is 1.62. The number of aromatic nitrogens is 1. The van der Waals surface area contributed by atoms with Gasteiger partial charge in [-0.2, -0.15) is 0 Å². The molecule has 0 amide bonds. The van der Waals surface area contributed by atoms with Gasteiger partial charge in [-0.25, -0.2) is 0 Å². The van der Waals surface area contributed by atoms with Gasteiger partial charge in [0.1, 0.15) is 0 Å². The lowest BCUT2D eigenvalue weighted by Gasteiger charge is -2.21. The minimum absolute atomic E-state index is 0.813. The second-order valence-corrected chi connectivity index (χ2v) is 3.77. The summed E-state index contributed by atoms with van der Waals surface area (Å²) < 4.78 is 12.8. The Kier molecular flexibility index (Phi) is 2.22. The first kappa shape index (κ1) is 7.29. The molecule has 1 aromatic rings. The van der Waals surface area contributed by atoms with Crippen LogP contribution in [-0.4, -0.2) is 17.6 Å². The van der Waals surface area contributed by atoms with Gasteiger partial charge in [0.05, 0.1) is 13.2 Å². The number of hydrogen-bond acceptors (Lipinski definition) is 2. The highest BCUT2D eigenvalue weighted by Crippen LogP contribution is 2.42. The molecule has 0 atom stereocenters. The van der Waals surface area contributed by atoms with Crippen molar-refractivity contribution in [3.63, 3.8) is 0 Å². The van der Waals surface area contributed by atoms with E-state index >= 15 is 0 Å². The van der Waals surface area contributed by atoms with E-state index in [1.165, 1.54) is 0 Å². The molecule has 0 radical (unpaired) electrons. The van der Waals surface area contributed by atoms with Crippen LogP contribution >= 0.6 is 8.53 Å². The summed E-state index contributed by atoms with van der Waals surface area (Å²) >= 11 is 0. The van der Waals surface area contributed by atoms with Gasteiger partial charge in [-0.15, -0.1) is 0 Å². The second kappa shape index (κ2) is 3.35. The first-order chi connectivity index (χ1) is 5.47. The summed E-state index contributed by atoms with van der Waals surface area (Å²) in [6.45, 7) is 1.65. The fraction of sp³-hybridized carbons (Fsp3) is 0.429. The summed E-state index contributed by atoms with van der Waals surface area (Å²) in [6.07, 6.45) is 4.95. The molecule has 1 fully saturated rings. The van der Waals surface area contributed by atoms with E-state index in [4.69, 9.17) is 9.05 Å². The zero-order chi connectivity index (χ0) is 7.52. The molecular weight excluding hydrogens is 161 g/mol.